The highest BCUT2D eigenvalue weighted by atomic mass is 16.4. The summed E-state index contributed by atoms with van der Waals surface area (Å²) in [5.41, 5.74) is -2.96. The Balaban J connectivity index is 2.45. The Morgan fingerprint density at radius 2 is 2.11 bits per heavy atom. The number of fused-ring (bicyclic) bond motifs is 1. The van der Waals surface area contributed by atoms with E-state index in [0.29, 0.717) is 5.92 Å². The van der Waals surface area contributed by atoms with Gasteiger partial charge in [-0.15, -0.1) is 0 Å². The van der Waals surface area contributed by atoms with Crippen LogP contribution in [0.1, 0.15) is 33.1 Å². The minimum Gasteiger partial charge on any atom is -0.481 e. The third-order valence-electron chi connectivity index (χ3n) is 5.11. The first-order chi connectivity index (χ1) is 8.35. The maximum Gasteiger partial charge on any atom is 0.313 e. The van der Waals surface area contributed by atoms with E-state index in [1.807, 2.05) is 6.08 Å². The average Bonchev–Trinajstić information content (AvgIpc) is 2.33. The Morgan fingerprint density at radius 1 is 1.44 bits per heavy atom. The topological polar surface area (TPSA) is 77.8 Å². The minimum absolute atomic E-state index is 0.103. The fourth-order valence-corrected chi connectivity index (χ4v) is 3.69. The molecular weight excluding hydrogens is 232 g/mol. The number of aliphatic carboxylic acids is 1. The van der Waals surface area contributed by atoms with Gasteiger partial charge in [0.05, 0.1) is 6.61 Å². The lowest BCUT2D eigenvalue weighted by Gasteiger charge is -2.52. The van der Waals surface area contributed by atoms with Crippen LogP contribution in [0, 0.1) is 23.2 Å². The van der Waals surface area contributed by atoms with E-state index in [-0.39, 0.29) is 11.8 Å². The highest BCUT2D eigenvalue weighted by Crippen LogP contribution is 2.53. The van der Waals surface area contributed by atoms with Crippen LogP contribution in [0.4, 0.5) is 0 Å². The molecule has 1 fully saturated rings. The van der Waals surface area contributed by atoms with E-state index in [0.717, 1.165) is 19.3 Å². The molecule has 18 heavy (non-hydrogen) atoms. The van der Waals surface area contributed by atoms with Gasteiger partial charge in [0.1, 0.15) is 11.0 Å². The van der Waals surface area contributed by atoms with Gasteiger partial charge in [0.25, 0.3) is 0 Å². The van der Waals surface area contributed by atoms with Gasteiger partial charge in [0.2, 0.25) is 0 Å². The molecule has 0 radical (unpaired) electrons. The molecule has 5 atom stereocenters. The highest BCUT2D eigenvalue weighted by Gasteiger charge is 2.59. The minimum atomic E-state index is -1.65. The number of hydrogen-bond acceptors (Lipinski definition) is 3. The Morgan fingerprint density at radius 3 is 2.67 bits per heavy atom. The summed E-state index contributed by atoms with van der Waals surface area (Å²) in [6, 6.07) is 0. The summed E-state index contributed by atoms with van der Waals surface area (Å²) >= 11 is 0. The normalized spacial score (nSPS) is 47.7. The monoisotopic (exact) mass is 254 g/mol. The van der Waals surface area contributed by atoms with Crippen molar-refractivity contribution in [1.82, 2.24) is 0 Å². The molecule has 0 aromatic heterocycles. The van der Waals surface area contributed by atoms with E-state index in [9.17, 15) is 20.1 Å². The summed E-state index contributed by atoms with van der Waals surface area (Å²) in [4.78, 5) is 11.7. The highest BCUT2D eigenvalue weighted by molar-refractivity contribution is 5.77. The van der Waals surface area contributed by atoms with Gasteiger partial charge < -0.3 is 15.3 Å². The van der Waals surface area contributed by atoms with Crippen LogP contribution in [0.5, 0.6) is 0 Å². The van der Waals surface area contributed by atoms with Crippen molar-refractivity contribution in [3.8, 4) is 0 Å². The zero-order valence-corrected chi connectivity index (χ0v) is 11.0. The van der Waals surface area contributed by atoms with Crippen molar-refractivity contribution >= 4 is 5.97 Å². The summed E-state index contributed by atoms with van der Waals surface area (Å²) in [6.45, 7) is 3.20. The summed E-state index contributed by atoms with van der Waals surface area (Å²) < 4.78 is 0. The van der Waals surface area contributed by atoms with Crippen molar-refractivity contribution in [3.63, 3.8) is 0 Å². The summed E-state index contributed by atoms with van der Waals surface area (Å²) in [5.74, 6) is -0.336. The van der Waals surface area contributed by atoms with E-state index >= 15 is 0 Å². The van der Waals surface area contributed by atoms with Crippen molar-refractivity contribution < 1.29 is 20.1 Å². The lowest BCUT2D eigenvalue weighted by Crippen LogP contribution is -2.60. The van der Waals surface area contributed by atoms with E-state index in [1.165, 1.54) is 6.08 Å². The van der Waals surface area contributed by atoms with Crippen LogP contribution in [0.25, 0.3) is 0 Å². The molecular formula is C14H22O4. The molecule has 0 aromatic carbocycles. The van der Waals surface area contributed by atoms with Gasteiger partial charge in [-0.25, -0.2) is 0 Å². The van der Waals surface area contributed by atoms with Crippen molar-refractivity contribution in [3.05, 3.63) is 12.2 Å². The van der Waals surface area contributed by atoms with E-state index in [4.69, 9.17) is 0 Å². The fraction of sp³-hybridized carbons (Fsp3) is 0.786. The number of allylic oxidation sites excluding steroid dienone is 1. The molecule has 2 aliphatic carbocycles. The molecule has 0 unspecified atom stereocenters. The quantitative estimate of drug-likeness (QED) is 0.651. The molecule has 4 heteroatoms. The standard InChI is InChI=1S/C14H22O4/c1-9-3-4-11-10(7-9)5-6-14(18,8-15)13(11,2)12(16)17/h5-6,9-11,15,18H,3-4,7-8H2,1-2H3,(H,16,17)/t9-,10-,11-,13-,14-/m0/s1. The Labute approximate surface area is 107 Å². The van der Waals surface area contributed by atoms with Crippen LogP contribution in [-0.4, -0.2) is 33.5 Å². The summed E-state index contributed by atoms with van der Waals surface area (Å²) in [7, 11) is 0. The number of aliphatic hydroxyl groups is 2. The van der Waals surface area contributed by atoms with E-state index < -0.39 is 23.6 Å². The van der Waals surface area contributed by atoms with Crippen molar-refractivity contribution in [2.45, 2.75) is 38.7 Å². The van der Waals surface area contributed by atoms with Crippen LogP contribution >= 0.6 is 0 Å². The van der Waals surface area contributed by atoms with Gasteiger partial charge in [-0.2, -0.15) is 0 Å². The third-order valence-corrected chi connectivity index (χ3v) is 5.11. The first-order valence-electron chi connectivity index (χ1n) is 6.61. The van der Waals surface area contributed by atoms with E-state index in [2.05, 4.69) is 6.92 Å². The molecule has 2 rings (SSSR count). The van der Waals surface area contributed by atoms with Crippen LogP contribution in [-0.2, 0) is 4.79 Å². The Hall–Kier alpha value is -0.870. The molecule has 1 saturated carbocycles. The zero-order chi connectivity index (χ0) is 13.6. The third kappa shape index (κ3) is 1.70. The maximum atomic E-state index is 11.7. The van der Waals surface area contributed by atoms with E-state index in [1.54, 1.807) is 6.92 Å². The Kier molecular flexibility index (Phi) is 3.28. The predicted molar refractivity (Wildman–Crippen MR) is 66.9 cm³/mol. The molecule has 2 aliphatic rings. The van der Waals surface area contributed by atoms with Gasteiger partial charge in [0.15, 0.2) is 0 Å². The second-order valence-electron chi connectivity index (χ2n) is 6.14. The first-order valence-corrected chi connectivity index (χ1v) is 6.61. The van der Waals surface area contributed by atoms with Crippen molar-refractivity contribution in [2.75, 3.05) is 6.61 Å². The smallest absolute Gasteiger partial charge is 0.313 e. The van der Waals surface area contributed by atoms with Gasteiger partial charge in [-0.05, 0) is 37.5 Å². The molecule has 0 heterocycles. The van der Waals surface area contributed by atoms with Crippen LogP contribution < -0.4 is 0 Å². The predicted octanol–water partition coefficient (Wildman–Crippen LogP) is 1.42. The number of carboxylic acids is 1. The summed E-state index contributed by atoms with van der Waals surface area (Å²) in [6.07, 6.45) is 6.15. The lowest BCUT2D eigenvalue weighted by atomic mass is 9.53. The number of aliphatic hydroxyl groups excluding tert-OH is 1. The van der Waals surface area contributed by atoms with Crippen LogP contribution in [0.2, 0.25) is 0 Å². The zero-order valence-electron chi connectivity index (χ0n) is 11.0. The molecule has 0 saturated heterocycles. The van der Waals surface area contributed by atoms with Gasteiger partial charge >= 0.3 is 5.97 Å². The van der Waals surface area contributed by atoms with Crippen LogP contribution in [0.3, 0.4) is 0 Å². The SMILES string of the molecule is C[C@H]1CC[C@H]2[C@@H](C=C[C@](O)(CO)[C@]2(C)C(=O)O)C1. The molecule has 3 N–H and O–H groups in total. The van der Waals surface area contributed by atoms with Crippen molar-refractivity contribution in [1.29, 1.82) is 0 Å². The number of carboxylic acid groups (broad SMARTS) is 1. The molecule has 0 bridgehead atoms. The van der Waals surface area contributed by atoms with Crippen LogP contribution in [0.15, 0.2) is 12.2 Å². The van der Waals surface area contributed by atoms with Gasteiger partial charge in [0, 0.05) is 0 Å². The van der Waals surface area contributed by atoms with Gasteiger partial charge in [-0.1, -0.05) is 25.5 Å². The molecule has 102 valence electrons. The number of hydrogen-bond donors (Lipinski definition) is 3. The Bertz CT molecular complexity index is 378. The number of carbonyl (C=O) groups is 1. The lowest BCUT2D eigenvalue weighted by molar-refractivity contribution is -0.182. The first kappa shape index (κ1) is 13.6. The molecule has 4 nitrogen and oxygen atoms in total. The molecule has 0 amide bonds. The fourth-order valence-electron chi connectivity index (χ4n) is 3.69. The van der Waals surface area contributed by atoms with Crippen molar-refractivity contribution in [2.24, 2.45) is 23.2 Å². The largest absolute Gasteiger partial charge is 0.481 e. The number of rotatable bonds is 2. The second-order valence-corrected chi connectivity index (χ2v) is 6.14. The summed E-state index contributed by atoms with van der Waals surface area (Å²) in [5, 5.41) is 29.4. The molecule has 0 aliphatic heterocycles. The molecule has 0 aromatic rings. The van der Waals surface area contributed by atoms with Gasteiger partial charge in [-0.3, -0.25) is 4.79 Å². The average molecular weight is 254 g/mol. The maximum absolute atomic E-state index is 11.7. The molecule has 0 spiro atoms. The second kappa shape index (κ2) is 4.35.